The maximum atomic E-state index is 11.7. The fraction of sp³-hybridized carbons (Fsp3) is 0.409. The third-order valence-corrected chi connectivity index (χ3v) is 6.32. The summed E-state index contributed by atoms with van der Waals surface area (Å²) in [6.07, 6.45) is 2.07. The molecule has 0 bridgehead atoms. The fourth-order valence-electron chi connectivity index (χ4n) is 4.22. The van der Waals surface area contributed by atoms with Crippen LogP contribution in [0, 0.1) is 26.7 Å². The maximum absolute atomic E-state index is 11.7. The average Bonchev–Trinajstić information content (AvgIpc) is 2.97. The van der Waals surface area contributed by atoms with Crippen LogP contribution in [-0.4, -0.2) is 36.5 Å². The van der Waals surface area contributed by atoms with Crippen LogP contribution in [0.5, 0.6) is 0 Å². The smallest absolute Gasteiger partial charge is 0.240 e. The minimum absolute atomic E-state index is 0.132. The molecule has 0 unspecified atom stereocenters. The minimum Gasteiger partial charge on any atom is -0.744 e. The SMILES string of the molecule is Cc1cc(C)c(N2C=[N+](Cc3ccccc3S(=O)(=O)[O-])[C@@H](C(C)C)C2)c(C)c1. The molecule has 2 aromatic carbocycles. The first-order valence-electron chi connectivity index (χ1n) is 9.57. The number of aryl methyl sites for hydroxylation is 3. The summed E-state index contributed by atoms with van der Waals surface area (Å²) in [5, 5.41) is 0. The van der Waals surface area contributed by atoms with Gasteiger partial charge in [-0.3, -0.25) is 4.58 Å². The van der Waals surface area contributed by atoms with Gasteiger partial charge in [-0.15, -0.1) is 0 Å². The Morgan fingerprint density at radius 1 is 1.14 bits per heavy atom. The van der Waals surface area contributed by atoms with E-state index < -0.39 is 10.1 Å². The van der Waals surface area contributed by atoms with Gasteiger partial charge in [-0.1, -0.05) is 49.7 Å². The second-order valence-corrected chi connectivity index (χ2v) is 9.41. The summed E-state index contributed by atoms with van der Waals surface area (Å²) in [6.45, 7) is 11.9. The highest BCUT2D eigenvalue weighted by atomic mass is 32.2. The summed E-state index contributed by atoms with van der Waals surface area (Å²) in [5.41, 5.74) is 5.42. The molecular weight excluding hydrogens is 372 g/mol. The van der Waals surface area contributed by atoms with E-state index in [4.69, 9.17) is 0 Å². The minimum atomic E-state index is -4.50. The van der Waals surface area contributed by atoms with Gasteiger partial charge in [0.05, 0.1) is 4.90 Å². The highest BCUT2D eigenvalue weighted by Crippen LogP contribution is 2.29. The lowest BCUT2D eigenvalue weighted by Crippen LogP contribution is -2.32. The molecule has 0 radical (unpaired) electrons. The van der Waals surface area contributed by atoms with Crippen LogP contribution in [0.2, 0.25) is 0 Å². The van der Waals surface area contributed by atoms with Gasteiger partial charge in [0.15, 0.2) is 0 Å². The van der Waals surface area contributed by atoms with Crippen molar-refractivity contribution >= 4 is 22.1 Å². The molecule has 6 heteroatoms. The molecule has 1 aliphatic rings. The molecule has 0 aromatic heterocycles. The van der Waals surface area contributed by atoms with Crippen LogP contribution in [-0.2, 0) is 16.7 Å². The van der Waals surface area contributed by atoms with Crippen molar-refractivity contribution in [3.63, 3.8) is 0 Å². The van der Waals surface area contributed by atoms with Gasteiger partial charge in [0.25, 0.3) is 0 Å². The van der Waals surface area contributed by atoms with Gasteiger partial charge in [-0.2, -0.15) is 0 Å². The van der Waals surface area contributed by atoms with E-state index in [1.165, 1.54) is 28.4 Å². The monoisotopic (exact) mass is 400 g/mol. The Morgan fingerprint density at radius 2 is 1.75 bits per heavy atom. The third kappa shape index (κ3) is 4.13. The van der Waals surface area contributed by atoms with Gasteiger partial charge in [-0.25, -0.2) is 13.3 Å². The molecule has 0 spiro atoms. The van der Waals surface area contributed by atoms with Crippen LogP contribution >= 0.6 is 0 Å². The molecule has 0 N–H and O–H groups in total. The molecule has 1 aliphatic heterocycles. The standard InChI is InChI=1S/C22H28N2O3S/c1-15(2)20-13-24(22-17(4)10-16(3)11-18(22)5)14-23(20)12-19-8-6-7-9-21(19)28(25,26)27/h6-11,14-15,20H,12-13H2,1-5H3/t20-/m1/s1. The van der Waals surface area contributed by atoms with E-state index in [-0.39, 0.29) is 10.9 Å². The first-order chi connectivity index (χ1) is 13.1. The molecule has 0 fully saturated rings. The van der Waals surface area contributed by atoms with Crippen LogP contribution in [0.4, 0.5) is 5.69 Å². The molecule has 0 amide bonds. The molecule has 5 nitrogen and oxygen atoms in total. The highest BCUT2D eigenvalue weighted by molar-refractivity contribution is 7.85. The van der Waals surface area contributed by atoms with E-state index in [0.29, 0.717) is 18.0 Å². The summed E-state index contributed by atoms with van der Waals surface area (Å²) in [6, 6.07) is 11.1. The number of rotatable bonds is 5. The van der Waals surface area contributed by atoms with Gasteiger partial charge in [0, 0.05) is 5.56 Å². The lowest BCUT2D eigenvalue weighted by molar-refractivity contribution is -0.574. The normalized spacial score (nSPS) is 17.3. The van der Waals surface area contributed by atoms with E-state index in [1.54, 1.807) is 18.2 Å². The number of anilines is 1. The molecule has 150 valence electrons. The Morgan fingerprint density at radius 3 is 2.32 bits per heavy atom. The quantitative estimate of drug-likeness (QED) is 0.568. The van der Waals surface area contributed by atoms with Crippen LogP contribution in [0.3, 0.4) is 0 Å². The molecule has 1 atom stereocenters. The number of nitrogens with zero attached hydrogens (tertiary/aromatic N) is 2. The first-order valence-corrected chi connectivity index (χ1v) is 11.0. The third-order valence-electron chi connectivity index (χ3n) is 5.38. The van der Waals surface area contributed by atoms with Gasteiger partial charge in [0.1, 0.15) is 34.9 Å². The van der Waals surface area contributed by atoms with Crippen LogP contribution in [0.1, 0.15) is 36.1 Å². The molecule has 3 rings (SSSR count). The van der Waals surface area contributed by atoms with Crippen molar-refractivity contribution in [2.45, 2.75) is 52.1 Å². The molecule has 2 aromatic rings. The number of hydrogen-bond acceptors (Lipinski definition) is 4. The van der Waals surface area contributed by atoms with Gasteiger partial charge < -0.3 is 4.55 Å². The summed E-state index contributed by atoms with van der Waals surface area (Å²) < 4.78 is 37.1. The second kappa shape index (κ2) is 7.68. The summed E-state index contributed by atoms with van der Waals surface area (Å²) in [4.78, 5) is 2.12. The van der Waals surface area contributed by atoms with E-state index in [0.717, 1.165) is 6.54 Å². The zero-order valence-electron chi connectivity index (χ0n) is 17.1. The van der Waals surface area contributed by atoms with Gasteiger partial charge in [0.2, 0.25) is 6.34 Å². The Kier molecular flexibility index (Phi) is 5.64. The van der Waals surface area contributed by atoms with E-state index in [2.05, 4.69) is 62.6 Å². The lowest BCUT2D eigenvalue weighted by Gasteiger charge is -2.19. The highest BCUT2D eigenvalue weighted by Gasteiger charge is 2.35. The first kappa shape index (κ1) is 20.6. The van der Waals surface area contributed by atoms with Gasteiger partial charge >= 0.3 is 0 Å². The molecule has 1 heterocycles. The van der Waals surface area contributed by atoms with E-state index in [1.807, 2.05) is 0 Å². The zero-order chi connectivity index (χ0) is 20.6. The predicted octanol–water partition coefficient (Wildman–Crippen LogP) is 3.60. The molecule has 28 heavy (non-hydrogen) atoms. The van der Waals surface area contributed by atoms with Crippen molar-refractivity contribution < 1.29 is 17.5 Å². The molecule has 0 saturated carbocycles. The zero-order valence-corrected chi connectivity index (χ0v) is 18.0. The fourth-order valence-corrected chi connectivity index (χ4v) is 4.92. The van der Waals surface area contributed by atoms with Crippen LogP contribution < -0.4 is 4.90 Å². The topological polar surface area (TPSA) is 63.5 Å². The average molecular weight is 401 g/mol. The predicted molar refractivity (Wildman–Crippen MR) is 111 cm³/mol. The second-order valence-electron chi connectivity index (χ2n) is 8.06. The van der Waals surface area contributed by atoms with Crippen molar-refractivity contribution in [2.24, 2.45) is 5.92 Å². The van der Waals surface area contributed by atoms with Crippen molar-refractivity contribution in [1.29, 1.82) is 0 Å². The number of benzene rings is 2. The summed E-state index contributed by atoms with van der Waals surface area (Å²) in [7, 11) is -4.50. The Bertz CT molecular complexity index is 1000. The van der Waals surface area contributed by atoms with Crippen molar-refractivity contribution in [3.05, 3.63) is 58.7 Å². The largest absolute Gasteiger partial charge is 0.744 e. The van der Waals surface area contributed by atoms with Crippen LogP contribution in [0.15, 0.2) is 41.3 Å². The van der Waals surface area contributed by atoms with Crippen LogP contribution in [0.25, 0.3) is 0 Å². The Labute approximate surface area is 168 Å². The van der Waals surface area contributed by atoms with E-state index in [9.17, 15) is 13.0 Å². The Hall–Kier alpha value is -2.18. The number of hydrogen-bond donors (Lipinski definition) is 0. The molecule has 0 aliphatic carbocycles. The maximum Gasteiger partial charge on any atom is 0.240 e. The summed E-state index contributed by atoms with van der Waals surface area (Å²) >= 11 is 0. The van der Waals surface area contributed by atoms with Crippen molar-refractivity contribution in [3.8, 4) is 0 Å². The summed E-state index contributed by atoms with van der Waals surface area (Å²) in [5.74, 6) is 0.378. The lowest BCUT2D eigenvalue weighted by atomic mass is 10.0. The Balaban J connectivity index is 2.02. The molecular formula is C22H28N2O3S. The van der Waals surface area contributed by atoms with E-state index >= 15 is 0 Å². The molecule has 0 saturated heterocycles. The van der Waals surface area contributed by atoms with Gasteiger partial charge in [-0.05, 0) is 43.9 Å². The van der Waals surface area contributed by atoms with Crippen molar-refractivity contribution in [2.75, 3.05) is 11.4 Å². The van der Waals surface area contributed by atoms with Crippen molar-refractivity contribution in [1.82, 2.24) is 0 Å².